The number of rotatable bonds is 6. The first kappa shape index (κ1) is 15.8. The molecule has 23 heavy (non-hydrogen) atoms. The van der Waals surface area contributed by atoms with E-state index in [2.05, 4.69) is 11.4 Å². The van der Waals surface area contributed by atoms with Crippen molar-refractivity contribution in [2.45, 2.75) is 25.0 Å². The molecule has 0 radical (unpaired) electrons. The average Bonchev–Trinajstić information content (AvgIpc) is 2.92. The smallest absolute Gasteiger partial charge is 0.122 e. The molecule has 3 rings (SSSR count). The number of methoxy groups -OCH3 is 2. The zero-order valence-corrected chi connectivity index (χ0v) is 13.6. The van der Waals surface area contributed by atoms with E-state index in [0.29, 0.717) is 13.1 Å². The molecule has 1 aliphatic rings. The molecule has 0 aromatic heterocycles. The largest absolute Gasteiger partial charge is 0.497 e. The maximum Gasteiger partial charge on any atom is 0.122 e. The lowest BCUT2D eigenvalue weighted by atomic mass is 9.96. The number of aryl methyl sites for hydroxylation is 1. The lowest BCUT2D eigenvalue weighted by Crippen LogP contribution is -2.36. The van der Waals surface area contributed by atoms with Crippen LogP contribution in [0.25, 0.3) is 0 Å². The molecule has 1 aliphatic carbocycles. The Morgan fingerprint density at radius 1 is 1.09 bits per heavy atom. The third kappa shape index (κ3) is 3.33. The Morgan fingerprint density at radius 3 is 2.48 bits per heavy atom. The molecule has 0 fully saturated rings. The Balaban J connectivity index is 1.66. The first-order chi connectivity index (χ1) is 11.1. The third-order valence-electron chi connectivity index (χ3n) is 4.48. The summed E-state index contributed by atoms with van der Waals surface area (Å²) in [7, 11) is 3.29. The van der Waals surface area contributed by atoms with Gasteiger partial charge in [0.2, 0.25) is 0 Å². The van der Waals surface area contributed by atoms with Crippen LogP contribution in [0.3, 0.4) is 0 Å². The SMILES string of the molecule is COc1cc(CNCC2(O)CCc3ccccc32)cc(OC)c1. The topological polar surface area (TPSA) is 50.7 Å². The summed E-state index contributed by atoms with van der Waals surface area (Å²) >= 11 is 0. The van der Waals surface area contributed by atoms with Crippen molar-refractivity contribution in [3.8, 4) is 11.5 Å². The van der Waals surface area contributed by atoms with Crippen LogP contribution >= 0.6 is 0 Å². The normalized spacial score (nSPS) is 19.4. The van der Waals surface area contributed by atoms with Crippen molar-refractivity contribution < 1.29 is 14.6 Å². The van der Waals surface area contributed by atoms with Crippen molar-refractivity contribution in [1.29, 1.82) is 0 Å². The molecule has 2 aromatic carbocycles. The van der Waals surface area contributed by atoms with E-state index in [-0.39, 0.29) is 0 Å². The second kappa shape index (κ2) is 6.60. The van der Waals surface area contributed by atoms with E-state index >= 15 is 0 Å². The van der Waals surface area contributed by atoms with Gasteiger partial charge in [-0.1, -0.05) is 24.3 Å². The molecule has 0 saturated heterocycles. The number of benzene rings is 2. The Kier molecular flexibility index (Phi) is 4.55. The summed E-state index contributed by atoms with van der Waals surface area (Å²) in [6.07, 6.45) is 1.70. The molecule has 1 atom stereocenters. The maximum atomic E-state index is 10.9. The van der Waals surface area contributed by atoms with Gasteiger partial charge in [-0.15, -0.1) is 0 Å². The van der Waals surface area contributed by atoms with E-state index < -0.39 is 5.60 Å². The predicted molar refractivity (Wildman–Crippen MR) is 89.9 cm³/mol. The number of hydrogen-bond donors (Lipinski definition) is 2. The Bertz CT molecular complexity index is 664. The maximum absolute atomic E-state index is 10.9. The van der Waals surface area contributed by atoms with Gasteiger partial charge in [-0.25, -0.2) is 0 Å². The third-order valence-corrected chi connectivity index (χ3v) is 4.48. The standard InChI is InChI=1S/C19H23NO3/c1-22-16-9-14(10-17(11-16)23-2)12-20-13-19(21)8-7-15-5-3-4-6-18(15)19/h3-6,9-11,20-21H,7-8,12-13H2,1-2H3. The van der Waals surface area contributed by atoms with Crippen LogP contribution in [0.4, 0.5) is 0 Å². The van der Waals surface area contributed by atoms with Crippen LogP contribution in [0.15, 0.2) is 42.5 Å². The van der Waals surface area contributed by atoms with Gasteiger partial charge < -0.3 is 19.9 Å². The van der Waals surface area contributed by atoms with Crippen molar-refractivity contribution in [1.82, 2.24) is 5.32 Å². The van der Waals surface area contributed by atoms with E-state index in [1.807, 2.05) is 36.4 Å². The highest BCUT2D eigenvalue weighted by Crippen LogP contribution is 2.36. The van der Waals surface area contributed by atoms with Crippen molar-refractivity contribution in [3.05, 3.63) is 59.2 Å². The minimum atomic E-state index is -0.778. The van der Waals surface area contributed by atoms with E-state index in [1.165, 1.54) is 5.56 Å². The second-order valence-electron chi connectivity index (χ2n) is 6.01. The molecule has 4 heteroatoms. The zero-order chi connectivity index (χ0) is 16.3. The zero-order valence-electron chi connectivity index (χ0n) is 13.6. The monoisotopic (exact) mass is 313 g/mol. The second-order valence-corrected chi connectivity index (χ2v) is 6.01. The fraction of sp³-hybridized carbons (Fsp3) is 0.368. The summed E-state index contributed by atoms with van der Waals surface area (Å²) in [4.78, 5) is 0. The summed E-state index contributed by atoms with van der Waals surface area (Å²) in [5.74, 6) is 1.54. The fourth-order valence-electron chi connectivity index (χ4n) is 3.23. The van der Waals surface area contributed by atoms with Gasteiger partial charge in [0.25, 0.3) is 0 Å². The summed E-state index contributed by atoms with van der Waals surface area (Å²) < 4.78 is 10.6. The van der Waals surface area contributed by atoms with E-state index in [9.17, 15) is 5.11 Å². The Hall–Kier alpha value is -2.04. The van der Waals surface area contributed by atoms with E-state index in [1.54, 1.807) is 14.2 Å². The first-order valence-corrected chi connectivity index (χ1v) is 7.88. The number of hydrogen-bond acceptors (Lipinski definition) is 4. The van der Waals surface area contributed by atoms with Crippen LogP contribution in [0.2, 0.25) is 0 Å². The van der Waals surface area contributed by atoms with Crippen molar-refractivity contribution in [2.24, 2.45) is 0 Å². The van der Waals surface area contributed by atoms with E-state index in [0.717, 1.165) is 35.5 Å². The molecular weight excluding hydrogens is 290 g/mol. The first-order valence-electron chi connectivity index (χ1n) is 7.88. The van der Waals surface area contributed by atoms with Gasteiger partial charge in [0.05, 0.1) is 14.2 Å². The van der Waals surface area contributed by atoms with Crippen LogP contribution in [0.5, 0.6) is 11.5 Å². The molecule has 1 unspecified atom stereocenters. The fourth-order valence-corrected chi connectivity index (χ4v) is 3.23. The molecule has 122 valence electrons. The molecule has 4 nitrogen and oxygen atoms in total. The van der Waals surface area contributed by atoms with Crippen molar-refractivity contribution in [3.63, 3.8) is 0 Å². The number of ether oxygens (including phenoxy) is 2. The van der Waals surface area contributed by atoms with Gasteiger partial charge in [0, 0.05) is 19.2 Å². The van der Waals surface area contributed by atoms with Crippen LogP contribution in [0.1, 0.15) is 23.1 Å². The molecule has 0 saturated carbocycles. The Morgan fingerprint density at radius 2 is 1.78 bits per heavy atom. The average molecular weight is 313 g/mol. The molecule has 0 amide bonds. The quantitative estimate of drug-likeness (QED) is 0.861. The van der Waals surface area contributed by atoms with Crippen molar-refractivity contribution in [2.75, 3.05) is 20.8 Å². The molecule has 0 spiro atoms. The number of aliphatic hydroxyl groups is 1. The van der Waals surface area contributed by atoms with Gasteiger partial charge in [0.15, 0.2) is 0 Å². The summed E-state index contributed by atoms with van der Waals surface area (Å²) in [5, 5.41) is 14.3. The summed E-state index contributed by atoms with van der Waals surface area (Å²) in [6.45, 7) is 1.18. The van der Waals surface area contributed by atoms with E-state index in [4.69, 9.17) is 9.47 Å². The number of nitrogens with one attached hydrogen (secondary N) is 1. The molecule has 0 aliphatic heterocycles. The van der Waals surface area contributed by atoms with Crippen LogP contribution in [-0.2, 0) is 18.6 Å². The Labute approximate surface area is 137 Å². The predicted octanol–water partition coefficient (Wildman–Crippen LogP) is 2.63. The highest BCUT2D eigenvalue weighted by Gasteiger charge is 2.35. The van der Waals surface area contributed by atoms with Gasteiger partial charge in [-0.3, -0.25) is 0 Å². The molecule has 0 bridgehead atoms. The van der Waals surface area contributed by atoms with Crippen LogP contribution < -0.4 is 14.8 Å². The molecule has 0 heterocycles. The number of fused-ring (bicyclic) bond motifs is 1. The molecule has 2 aromatic rings. The van der Waals surface area contributed by atoms with Crippen LogP contribution in [-0.4, -0.2) is 25.9 Å². The highest BCUT2D eigenvalue weighted by molar-refractivity contribution is 5.39. The van der Waals surface area contributed by atoms with Crippen molar-refractivity contribution >= 4 is 0 Å². The lowest BCUT2D eigenvalue weighted by Gasteiger charge is -2.24. The van der Waals surface area contributed by atoms with Gasteiger partial charge in [-0.05, 0) is 41.7 Å². The lowest BCUT2D eigenvalue weighted by molar-refractivity contribution is 0.0384. The highest BCUT2D eigenvalue weighted by atomic mass is 16.5. The minimum Gasteiger partial charge on any atom is -0.497 e. The van der Waals surface area contributed by atoms with Gasteiger partial charge in [0.1, 0.15) is 17.1 Å². The van der Waals surface area contributed by atoms with Gasteiger partial charge in [-0.2, -0.15) is 0 Å². The van der Waals surface area contributed by atoms with Crippen LogP contribution in [0, 0.1) is 0 Å². The summed E-state index contributed by atoms with van der Waals surface area (Å²) in [6, 6.07) is 13.9. The summed E-state index contributed by atoms with van der Waals surface area (Å²) in [5.41, 5.74) is 2.59. The molecular formula is C19H23NO3. The molecule has 2 N–H and O–H groups in total. The minimum absolute atomic E-state index is 0.531. The van der Waals surface area contributed by atoms with Gasteiger partial charge >= 0.3 is 0 Å².